The van der Waals surface area contributed by atoms with Crippen molar-refractivity contribution in [3.8, 4) is 0 Å². The summed E-state index contributed by atoms with van der Waals surface area (Å²) < 4.78 is 27.5. The molecule has 92 valence electrons. The lowest BCUT2D eigenvalue weighted by molar-refractivity contribution is -0.0969. The van der Waals surface area contributed by atoms with Crippen molar-refractivity contribution in [2.24, 2.45) is 0 Å². The molecule has 1 aromatic rings. The zero-order valence-corrected chi connectivity index (χ0v) is 10.1. The van der Waals surface area contributed by atoms with E-state index in [-0.39, 0.29) is 5.78 Å². The molecule has 0 bridgehead atoms. The van der Waals surface area contributed by atoms with Crippen molar-refractivity contribution in [3.63, 3.8) is 0 Å². The van der Waals surface area contributed by atoms with Gasteiger partial charge in [0, 0.05) is 12.5 Å². The molecule has 17 heavy (non-hydrogen) atoms. The Morgan fingerprint density at radius 2 is 2.00 bits per heavy atom. The molecule has 3 heteroatoms. The first kappa shape index (κ1) is 12.2. The van der Waals surface area contributed by atoms with Gasteiger partial charge in [-0.1, -0.05) is 24.6 Å². The number of ketones is 1. The maximum Gasteiger partial charge on any atom is 0.254 e. The number of carbonyl (C=O) groups excluding carboxylic acids is 1. The van der Waals surface area contributed by atoms with Crippen LogP contribution in [0.15, 0.2) is 24.3 Å². The number of Topliss-reactive ketones (excluding diaryl/α,β-unsaturated/α-hetero) is 1. The number of carbonyl (C=O) groups is 1. The third-order valence-corrected chi connectivity index (χ3v) is 3.87. The molecule has 1 fully saturated rings. The molecule has 1 aliphatic carbocycles. The zero-order valence-electron chi connectivity index (χ0n) is 10.1. The highest BCUT2D eigenvalue weighted by atomic mass is 19.3. The highest BCUT2D eigenvalue weighted by Gasteiger charge is 2.54. The molecule has 0 amide bonds. The van der Waals surface area contributed by atoms with E-state index in [4.69, 9.17) is 0 Å². The number of benzene rings is 1. The lowest BCUT2D eigenvalue weighted by Gasteiger charge is -2.46. The van der Waals surface area contributed by atoms with E-state index in [1.54, 1.807) is 24.3 Å². The van der Waals surface area contributed by atoms with Crippen LogP contribution in [0.1, 0.15) is 49.0 Å². The van der Waals surface area contributed by atoms with E-state index in [0.29, 0.717) is 24.0 Å². The Morgan fingerprint density at radius 1 is 1.35 bits per heavy atom. The highest BCUT2D eigenvalue weighted by Crippen LogP contribution is 2.53. The lowest BCUT2D eigenvalue weighted by Crippen LogP contribution is -2.48. The molecule has 0 spiro atoms. The van der Waals surface area contributed by atoms with Gasteiger partial charge >= 0.3 is 0 Å². The second-order valence-electron chi connectivity index (χ2n) is 4.96. The summed E-state index contributed by atoms with van der Waals surface area (Å²) in [6.07, 6.45) is 1.82. The minimum atomic E-state index is -2.74. The summed E-state index contributed by atoms with van der Waals surface area (Å²) >= 11 is 0. The predicted octanol–water partition coefficient (Wildman–Crippen LogP) is 3.97. The Kier molecular flexibility index (Phi) is 2.80. The average Bonchev–Trinajstić information content (AvgIpc) is 2.13. The summed E-state index contributed by atoms with van der Waals surface area (Å²) in [6, 6.07) is 6.70. The second-order valence-corrected chi connectivity index (χ2v) is 4.96. The van der Waals surface area contributed by atoms with Crippen molar-refractivity contribution in [1.82, 2.24) is 0 Å². The molecule has 0 aliphatic heterocycles. The molecular weight excluding hydrogens is 222 g/mol. The van der Waals surface area contributed by atoms with Crippen LogP contribution >= 0.6 is 0 Å². The van der Waals surface area contributed by atoms with Crippen molar-refractivity contribution >= 4 is 5.78 Å². The van der Waals surface area contributed by atoms with Crippen molar-refractivity contribution in [2.75, 3.05) is 0 Å². The standard InChI is InChI=1S/C14H16F2O/c1-10(17)11-5-3-6-12(9-11)14(7-4-8-14)13(2,15)16/h3,5-6,9H,4,7-8H2,1-2H3. The Hall–Kier alpha value is -1.25. The summed E-state index contributed by atoms with van der Waals surface area (Å²) in [4.78, 5) is 11.3. The van der Waals surface area contributed by atoms with Crippen LogP contribution in [-0.2, 0) is 5.41 Å². The van der Waals surface area contributed by atoms with Gasteiger partial charge in [-0.25, -0.2) is 8.78 Å². The van der Waals surface area contributed by atoms with E-state index in [2.05, 4.69) is 0 Å². The molecular formula is C14H16F2O. The molecule has 1 aromatic carbocycles. The molecule has 0 unspecified atom stereocenters. The fourth-order valence-corrected chi connectivity index (χ4v) is 2.55. The summed E-state index contributed by atoms with van der Waals surface area (Å²) in [5.74, 6) is -2.82. The normalized spacial score (nSPS) is 18.6. The monoisotopic (exact) mass is 238 g/mol. The SMILES string of the molecule is CC(=O)c1cccc(C2(C(C)(F)F)CCC2)c1. The number of halogens is 2. The lowest BCUT2D eigenvalue weighted by atomic mass is 9.61. The van der Waals surface area contributed by atoms with E-state index in [9.17, 15) is 13.6 Å². The van der Waals surface area contributed by atoms with Gasteiger partial charge in [0.05, 0.1) is 5.41 Å². The maximum absolute atomic E-state index is 13.8. The van der Waals surface area contributed by atoms with E-state index in [1.807, 2.05) is 0 Å². The Bertz CT molecular complexity index is 442. The Balaban J connectivity index is 2.45. The van der Waals surface area contributed by atoms with Gasteiger partial charge in [-0.05, 0) is 31.4 Å². The molecule has 0 saturated heterocycles. The molecule has 0 heterocycles. The second kappa shape index (κ2) is 3.90. The average molecular weight is 238 g/mol. The Labute approximate surface area is 99.8 Å². The fraction of sp³-hybridized carbons (Fsp3) is 0.500. The fourth-order valence-electron chi connectivity index (χ4n) is 2.55. The first-order chi connectivity index (χ1) is 7.87. The maximum atomic E-state index is 13.8. The van der Waals surface area contributed by atoms with Gasteiger partial charge in [0.25, 0.3) is 5.92 Å². The number of hydrogen-bond donors (Lipinski definition) is 0. The van der Waals surface area contributed by atoms with Crippen LogP contribution in [0.3, 0.4) is 0 Å². The highest BCUT2D eigenvalue weighted by molar-refractivity contribution is 5.94. The number of hydrogen-bond acceptors (Lipinski definition) is 1. The largest absolute Gasteiger partial charge is 0.295 e. The van der Waals surface area contributed by atoms with Crippen LogP contribution < -0.4 is 0 Å². The van der Waals surface area contributed by atoms with Crippen LogP contribution in [0.2, 0.25) is 0 Å². The zero-order chi connectivity index (χ0) is 12.7. The van der Waals surface area contributed by atoms with Crippen molar-refractivity contribution < 1.29 is 13.6 Å². The number of rotatable bonds is 3. The van der Waals surface area contributed by atoms with E-state index >= 15 is 0 Å². The molecule has 1 aliphatic rings. The Morgan fingerprint density at radius 3 is 2.41 bits per heavy atom. The van der Waals surface area contributed by atoms with Gasteiger partial charge in [0.15, 0.2) is 5.78 Å². The molecule has 0 atom stereocenters. The van der Waals surface area contributed by atoms with Crippen molar-refractivity contribution in [1.29, 1.82) is 0 Å². The minimum Gasteiger partial charge on any atom is -0.295 e. The van der Waals surface area contributed by atoms with Crippen LogP contribution in [0.5, 0.6) is 0 Å². The molecule has 0 radical (unpaired) electrons. The van der Waals surface area contributed by atoms with Gasteiger partial charge in [0.1, 0.15) is 0 Å². The molecule has 1 nitrogen and oxygen atoms in total. The van der Waals surface area contributed by atoms with Gasteiger partial charge in [-0.3, -0.25) is 4.79 Å². The van der Waals surface area contributed by atoms with Crippen LogP contribution in [-0.4, -0.2) is 11.7 Å². The third-order valence-electron chi connectivity index (χ3n) is 3.87. The van der Waals surface area contributed by atoms with Gasteiger partial charge in [-0.2, -0.15) is 0 Å². The topological polar surface area (TPSA) is 17.1 Å². The van der Waals surface area contributed by atoms with E-state index < -0.39 is 11.3 Å². The number of alkyl halides is 2. The molecule has 1 saturated carbocycles. The van der Waals surface area contributed by atoms with Crippen molar-refractivity contribution in [2.45, 2.75) is 44.4 Å². The summed E-state index contributed by atoms with van der Waals surface area (Å²) in [7, 11) is 0. The van der Waals surface area contributed by atoms with Crippen molar-refractivity contribution in [3.05, 3.63) is 35.4 Å². The summed E-state index contributed by atoms with van der Waals surface area (Å²) in [6.45, 7) is 2.43. The first-order valence-corrected chi connectivity index (χ1v) is 5.86. The van der Waals surface area contributed by atoms with Crippen LogP contribution in [0.4, 0.5) is 8.78 Å². The van der Waals surface area contributed by atoms with E-state index in [0.717, 1.165) is 13.3 Å². The summed E-state index contributed by atoms with van der Waals surface area (Å²) in [5, 5.41) is 0. The summed E-state index contributed by atoms with van der Waals surface area (Å²) in [5.41, 5.74) is 0.0559. The minimum absolute atomic E-state index is 0.0826. The molecule has 2 rings (SSSR count). The smallest absolute Gasteiger partial charge is 0.254 e. The van der Waals surface area contributed by atoms with Gasteiger partial charge < -0.3 is 0 Å². The van der Waals surface area contributed by atoms with Gasteiger partial charge in [-0.15, -0.1) is 0 Å². The quantitative estimate of drug-likeness (QED) is 0.728. The van der Waals surface area contributed by atoms with Gasteiger partial charge in [0.2, 0.25) is 0 Å². The molecule has 0 aromatic heterocycles. The third kappa shape index (κ3) is 1.88. The van der Waals surface area contributed by atoms with Crippen LogP contribution in [0, 0.1) is 0 Å². The van der Waals surface area contributed by atoms with Crippen LogP contribution in [0.25, 0.3) is 0 Å². The van der Waals surface area contributed by atoms with E-state index in [1.165, 1.54) is 6.92 Å². The first-order valence-electron chi connectivity index (χ1n) is 5.86. The predicted molar refractivity (Wildman–Crippen MR) is 62.6 cm³/mol. The molecule has 0 N–H and O–H groups in total.